The Balaban J connectivity index is 1.64. The fourth-order valence-corrected chi connectivity index (χ4v) is 3.27. The maximum atomic E-state index is 12.8. The summed E-state index contributed by atoms with van der Waals surface area (Å²) in [5, 5.41) is 4.70. The Morgan fingerprint density at radius 1 is 1.29 bits per heavy atom. The second kappa shape index (κ2) is 5.96. The number of rotatable bonds is 3. The summed E-state index contributed by atoms with van der Waals surface area (Å²) in [6.45, 7) is 1.32. The summed E-state index contributed by atoms with van der Waals surface area (Å²) in [7, 11) is 0. The Morgan fingerprint density at radius 3 is 3.00 bits per heavy atom. The maximum absolute atomic E-state index is 12.8. The summed E-state index contributed by atoms with van der Waals surface area (Å²) in [6.07, 6.45) is 5.47. The molecule has 24 heavy (non-hydrogen) atoms. The molecule has 1 aromatic carbocycles. The van der Waals surface area contributed by atoms with Crippen molar-refractivity contribution in [1.29, 1.82) is 0 Å². The van der Waals surface area contributed by atoms with E-state index in [2.05, 4.69) is 5.10 Å². The Hall–Kier alpha value is -2.89. The van der Waals surface area contributed by atoms with Gasteiger partial charge in [-0.1, -0.05) is 12.1 Å². The molecule has 0 radical (unpaired) electrons. The molecule has 1 amide bonds. The van der Waals surface area contributed by atoms with Crippen molar-refractivity contribution in [2.75, 3.05) is 6.54 Å². The summed E-state index contributed by atoms with van der Waals surface area (Å²) in [5.74, 6) is -0.126. The van der Waals surface area contributed by atoms with Crippen LogP contribution in [-0.2, 0) is 6.54 Å². The van der Waals surface area contributed by atoms with Crippen molar-refractivity contribution in [1.82, 2.24) is 14.7 Å². The lowest BCUT2D eigenvalue weighted by molar-refractivity contribution is 0.0690. The van der Waals surface area contributed by atoms with Gasteiger partial charge in [-0.15, -0.1) is 0 Å². The number of benzene rings is 1. The van der Waals surface area contributed by atoms with Crippen molar-refractivity contribution in [3.05, 3.63) is 64.8 Å². The summed E-state index contributed by atoms with van der Waals surface area (Å²) < 4.78 is 7.51. The van der Waals surface area contributed by atoms with Crippen LogP contribution >= 0.6 is 0 Å². The minimum Gasteiger partial charge on any atom is -0.451 e. The van der Waals surface area contributed by atoms with Crippen LogP contribution in [0.25, 0.3) is 11.0 Å². The lowest BCUT2D eigenvalue weighted by atomic mass is 10.2. The molecular formula is C18H17N3O3. The first-order valence-corrected chi connectivity index (χ1v) is 8.04. The Labute approximate surface area is 138 Å². The minimum atomic E-state index is -0.229. The highest BCUT2D eigenvalue weighted by Crippen LogP contribution is 2.22. The molecule has 0 aliphatic carbocycles. The van der Waals surface area contributed by atoms with Gasteiger partial charge in [0.2, 0.25) is 0 Å². The highest BCUT2D eigenvalue weighted by atomic mass is 16.3. The van der Waals surface area contributed by atoms with Crippen molar-refractivity contribution in [3.8, 4) is 0 Å². The number of fused-ring (bicyclic) bond motifs is 1. The van der Waals surface area contributed by atoms with E-state index in [0.717, 1.165) is 12.8 Å². The fraction of sp³-hybridized carbons (Fsp3) is 0.278. The van der Waals surface area contributed by atoms with Crippen molar-refractivity contribution in [3.63, 3.8) is 0 Å². The van der Waals surface area contributed by atoms with E-state index in [-0.39, 0.29) is 23.1 Å². The second-order valence-electron chi connectivity index (χ2n) is 5.99. The predicted octanol–water partition coefficient (Wildman–Crippen LogP) is 2.29. The van der Waals surface area contributed by atoms with E-state index in [1.807, 2.05) is 16.9 Å². The van der Waals surface area contributed by atoms with Gasteiger partial charge in [0.15, 0.2) is 11.2 Å². The average molecular weight is 323 g/mol. The molecular weight excluding hydrogens is 306 g/mol. The Kier molecular flexibility index (Phi) is 3.65. The molecule has 0 bridgehead atoms. The van der Waals surface area contributed by atoms with Crippen LogP contribution in [0.3, 0.4) is 0 Å². The first-order chi connectivity index (χ1) is 11.7. The summed E-state index contributed by atoms with van der Waals surface area (Å²) >= 11 is 0. The number of likely N-dealkylation sites (tertiary alicyclic amines) is 1. The fourth-order valence-electron chi connectivity index (χ4n) is 3.27. The van der Waals surface area contributed by atoms with Crippen molar-refractivity contribution in [2.24, 2.45) is 0 Å². The van der Waals surface area contributed by atoms with E-state index in [4.69, 9.17) is 4.42 Å². The predicted molar refractivity (Wildman–Crippen MR) is 88.8 cm³/mol. The van der Waals surface area contributed by atoms with E-state index in [1.165, 1.54) is 6.07 Å². The van der Waals surface area contributed by atoms with E-state index >= 15 is 0 Å². The number of hydrogen-bond acceptors (Lipinski definition) is 4. The van der Waals surface area contributed by atoms with Crippen LogP contribution in [0, 0.1) is 0 Å². The Bertz CT molecular complexity index is 930. The molecule has 1 fully saturated rings. The van der Waals surface area contributed by atoms with E-state index < -0.39 is 0 Å². The van der Waals surface area contributed by atoms with Crippen molar-refractivity contribution < 1.29 is 9.21 Å². The van der Waals surface area contributed by atoms with Gasteiger partial charge >= 0.3 is 0 Å². The zero-order valence-electron chi connectivity index (χ0n) is 13.1. The molecule has 1 atom stereocenters. The van der Waals surface area contributed by atoms with Gasteiger partial charge in [0.1, 0.15) is 5.58 Å². The van der Waals surface area contributed by atoms with Crippen LogP contribution < -0.4 is 5.43 Å². The van der Waals surface area contributed by atoms with Crippen molar-refractivity contribution >= 4 is 16.9 Å². The van der Waals surface area contributed by atoms with Crippen LogP contribution in [0.2, 0.25) is 0 Å². The van der Waals surface area contributed by atoms with Crippen LogP contribution in [0.5, 0.6) is 0 Å². The van der Waals surface area contributed by atoms with Gasteiger partial charge in [-0.25, -0.2) is 0 Å². The zero-order chi connectivity index (χ0) is 16.5. The molecule has 0 saturated carbocycles. The molecule has 0 spiro atoms. The molecule has 2 aromatic heterocycles. The van der Waals surface area contributed by atoms with Crippen LogP contribution in [0.1, 0.15) is 23.4 Å². The monoisotopic (exact) mass is 323 g/mol. The summed E-state index contributed by atoms with van der Waals surface area (Å²) in [4.78, 5) is 26.8. The molecule has 1 saturated heterocycles. The second-order valence-corrected chi connectivity index (χ2v) is 5.99. The van der Waals surface area contributed by atoms with Gasteiger partial charge in [0, 0.05) is 25.0 Å². The third-order valence-electron chi connectivity index (χ3n) is 4.44. The molecule has 3 aromatic rings. The molecule has 1 aliphatic heterocycles. The van der Waals surface area contributed by atoms with Crippen LogP contribution in [0.15, 0.2) is 58.0 Å². The van der Waals surface area contributed by atoms with Gasteiger partial charge in [-0.05, 0) is 31.0 Å². The Morgan fingerprint density at radius 2 is 2.17 bits per heavy atom. The van der Waals surface area contributed by atoms with Crippen molar-refractivity contribution in [2.45, 2.75) is 25.4 Å². The van der Waals surface area contributed by atoms with Gasteiger partial charge in [0.05, 0.1) is 18.0 Å². The maximum Gasteiger partial charge on any atom is 0.290 e. The summed E-state index contributed by atoms with van der Waals surface area (Å²) in [5.41, 5.74) is 0.249. The highest BCUT2D eigenvalue weighted by Gasteiger charge is 2.31. The molecule has 122 valence electrons. The van der Waals surface area contributed by atoms with Crippen LogP contribution in [0.4, 0.5) is 0 Å². The standard InChI is InChI=1S/C18H17N3O3/c22-15-11-17(24-16-7-2-1-6-14(15)16)18(23)21-10-3-5-13(21)12-20-9-4-8-19-20/h1-2,4,6-9,11,13H,3,5,10,12H2/t13-/m1/s1. The lowest BCUT2D eigenvalue weighted by Crippen LogP contribution is -2.38. The number of carbonyl (C=O) groups excluding carboxylic acids is 1. The number of carbonyl (C=O) groups is 1. The SMILES string of the molecule is O=C(c1cc(=O)c2ccccc2o1)N1CCC[C@@H]1Cn1cccn1. The number of amides is 1. The molecule has 6 heteroatoms. The first-order valence-electron chi connectivity index (χ1n) is 8.04. The van der Waals surface area contributed by atoms with E-state index in [9.17, 15) is 9.59 Å². The van der Waals surface area contributed by atoms with E-state index in [1.54, 1.807) is 35.4 Å². The molecule has 0 unspecified atom stereocenters. The minimum absolute atomic E-state index is 0.0640. The average Bonchev–Trinajstić information content (AvgIpc) is 3.26. The largest absolute Gasteiger partial charge is 0.451 e. The molecule has 4 rings (SSSR count). The number of hydrogen-bond donors (Lipinski definition) is 0. The number of nitrogens with zero attached hydrogens (tertiary/aromatic N) is 3. The molecule has 0 N–H and O–H groups in total. The summed E-state index contributed by atoms with van der Waals surface area (Å²) in [6, 6.07) is 10.2. The third kappa shape index (κ3) is 2.60. The topological polar surface area (TPSA) is 68.3 Å². The van der Waals surface area contributed by atoms with Gasteiger partial charge in [-0.3, -0.25) is 14.3 Å². The number of aromatic nitrogens is 2. The highest BCUT2D eigenvalue weighted by molar-refractivity contribution is 5.93. The van der Waals surface area contributed by atoms with Gasteiger partial charge in [-0.2, -0.15) is 5.10 Å². The third-order valence-corrected chi connectivity index (χ3v) is 4.44. The smallest absolute Gasteiger partial charge is 0.290 e. The molecule has 1 aliphatic rings. The number of para-hydroxylation sites is 1. The van der Waals surface area contributed by atoms with Crippen LogP contribution in [-0.4, -0.2) is 33.2 Å². The van der Waals surface area contributed by atoms with Gasteiger partial charge < -0.3 is 9.32 Å². The molecule has 6 nitrogen and oxygen atoms in total. The quantitative estimate of drug-likeness (QED) is 0.741. The first kappa shape index (κ1) is 14.7. The lowest BCUT2D eigenvalue weighted by Gasteiger charge is -2.24. The zero-order valence-corrected chi connectivity index (χ0v) is 13.1. The normalized spacial score (nSPS) is 17.5. The molecule has 3 heterocycles. The van der Waals surface area contributed by atoms with E-state index in [0.29, 0.717) is 24.1 Å². The van der Waals surface area contributed by atoms with Gasteiger partial charge in [0.25, 0.3) is 5.91 Å².